The summed E-state index contributed by atoms with van der Waals surface area (Å²) < 4.78 is 0. The van der Waals surface area contributed by atoms with Crippen LogP contribution >= 0.6 is 0 Å². The third-order valence-electron chi connectivity index (χ3n) is 2.48. The molecule has 2 rings (SSSR count). The second-order valence-corrected chi connectivity index (χ2v) is 3.53. The van der Waals surface area contributed by atoms with Crippen LogP contribution in [0.3, 0.4) is 0 Å². The van der Waals surface area contributed by atoms with Crippen molar-refractivity contribution in [1.82, 2.24) is 10.0 Å². The van der Waals surface area contributed by atoms with Crippen LogP contribution in [0.4, 0.5) is 0 Å². The maximum atomic E-state index is 11.5. The lowest BCUT2D eigenvalue weighted by molar-refractivity contribution is -0.165. The minimum Gasteiger partial charge on any atom is -0.479 e. The summed E-state index contributed by atoms with van der Waals surface area (Å²) in [4.78, 5) is 33.8. The van der Waals surface area contributed by atoms with Crippen molar-refractivity contribution in [1.29, 1.82) is 0 Å². The summed E-state index contributed by atoms with van der Waals surface area (Å²) in [5.74, 6) is -2.84. The molecule has 0 aliphatic carbocycles. The number of hydrogen-bond acceptors (Lipinski definition) is 5. The van der Waals surface area contributed by atoms with Crippen molar-refractivity contribution in [2.45, 2.75) is 6.04 Å². The third-order valence-corrected chi connectivity index (χ3v) is 2.48. The first-order valence-electron chi connectivity index (χ1n) is 4.77. The number of aliphatic carboxylic acids is 1. The van der Waals surface area contributed by atoms with E-state index in [0.717, 1.165) is 0 Å². The van der Waals surface area contributed by atoms with E-state index in [1.807, 2.05) is 0 Å². The van der Waals surface area contributed by atoms with Gasteiger partial charge in [-0.3, -0.25) is 14.6 Å². The number of nitrogens with zero attached hydrogens (tertiary/aromatic N) is 2. The molecule has 2 aliphatic heterocycles. The molecule has 0 saturated carbocycles. The number of Topliss-reactive ketones (excluding diaryl/α,β-unsaturated/α-hetero) is 2. The molecule has 0 bridgehead atoms. The highest BCUT2D eigenvalue weighted by molar-refractivity contribution is 6.43. The van der Waals surface area contributed by atoms with Crippen LogP contribution in [0, 0.1) is 0 Å². The van der Waals surface area contributed by atoms with Gasteiger partial charge in [0.25, 0.3) is 0 Å². The Morgan fingerprint density at radius 2 is 2.12 bits per heavy atom. The van der Waals surface area contributed by atoms with Crippen LogP contribution in [0.1, 0.15) is 0 Å². The SMILES string of the molecule is O=C1CN2CC=CC=CN2C(C(=O)O)C1=O. The normalized spacial score (nSPS) is 25.5. The molecule has 84 valence electrons. The number of hydrogen-bond donors (Lipinski definition) is 1. The van der Waals surface area contributed by atoms with Gasteiger partial charge >= 0.3 is 5.97 Å². The second kappa shape index (κ2) is 3.90. The van der Waals surface area contributed by atoms with Gasteiger partial charge < -0.3 is 5.11 Å². The Morgan fingerprint density at radius 1 is 1.38 bits per heavy atom. The highest BCUT2D eigenvalue weighted by Gasteiger charge is 2.43. The second-order valence-electron chi connectivity index (χ2n) is 3.53. The molecule has 1 N–H and O–H groups in total. The summed E-state index contributed by atoms with van der Waals surface area (Å²) in [6, 6.07) is -1.43. The van der Waals surface area contributed by atoms with E-state index in [1.54, 1.807) is 18.2 Å². The number of rotatable bonds is 1. The Hall–Kier alpha value is -1.95. The molecule has 0 aromatic rings. The van der Waals surface area contributed by atoms with Gasteiger partial charge in [-0.25, -0.2) is 9.80 Å². The van der Waals surface area contributed by atoms with Crippen molar-refractivity contribution in [3.63, 3.8) is 0 Å². The Kier molecular flexibility index (Phi) is 2.57. The van der Waals surface area contributed by atoms with Crippen molar-refractivity contribution < 1.29 is 19.5 Å². The zero-order chi connectivity index (χ0) is 11.7. The minimum absolute atomic E-state index is 0.0721. The lowest BCUT2D eigenvalue weighted by atomic mass is 10.1. The van der Waals surface area contributed by atoms with Crippen molar-refractivity contribution in [2.24, 2.45) is 0 Å². The van der Waals surface area contributed by atoms with E-state index in [0.29, 0.717) is 6.54 Å². The Balaban J connectivity index is 2.36. The van der Waals surface area contributed by atoms with E-state index in [4.69, 9.17) is 5.11 Å². The summed E-state index contributed by atoms with van der Waals surface area (Å²) in [6.45, 7) is 0.340. The lowest BCUT2D eigenvalue weighted by Crippen LogP contribution is -2.61. The molecule has 0 spiro atoms. The van der Waals surface area contributed by atoms with E-state index < -0.39 is 23.6 Å². The molecular weight excluding hydrogens is 212 g/mol. The van der Waals surface area contributed by atoms with Crippen molar-refractivity contribution in [3.8, 4) is 0 Å². The zero-order valence-corrected chi connectivity index (χ0v) is 8.37. The molecule has 1 fully saturated rings. The fourth-order valence-electron chi connectivity index (χ4n) is 1.72. The van der Waals surface area contributed by atoms with Gasteiger partial charge in [0.05, 0.1) is 6.54 Å². The van der Waals surface area contributed by atoms with Crippen molar-refractivity contribution >= 4 is 17.5 Å². The van der Waals surface area contributed by atoms with Gasteiger partial charge in [0.2, 0.25) is 17.6 Å². The highest BCUT2D eigenvalue weighted by Crippen LogP contribution is 2.16. The average Bonchev–Trinajstić information content (AvgIpc) is 2.44. The maximum absolute atomic E-state index is 11.5. The topological polar surface area (TPSA) is 77.9 Å². The van der Waals surface area contributed by atoms with Gasteiger partial charge in [0, 0.05) is 12.7 Å². The largest absolute Gasteiger partial charge is 0.479 e. The molecule has 6 nitrogen and oxygen atoms in total. The predicted octanol–water partition coefficient (Wildman–Crippen LogP) is -0.806. The molecule has 1 unspecified atom stereocenters. The lowest BCUT2D eigenvalue weighted by Gasteiger charge is -2.38. The van der Waals surface area contributed by atoms with Gasteiger partial charge in [-0.1, -0.05) is 12.2 Å². The van der Waals surface area contributed by atoms with Crippen LogP contribution in [0.2, 0.25) is 0 Å². The van der Waals surface area contributed by atoms with Gasteiger partial charge in [-0.15, -0.1) is 0 Å². The number of ketones is 2. The average molecular weight is 222 g/mol. The summed E-state index contributed by atoms with van der Waals surface area (Å²) in [5, 5.41) is 11.8. The zero-order valence-electron chi connectivity index (χ0n) is 8.37. The first-order chi connectivity index (χ1) is 7.61. The molecule has 1 saturated heterocycles. The van der Waals surface area contributed by atoms with Gasteiger partial charge in [-0.2, -0.15) is 0 Å². The van der Waals surface area contributed by atoms with Crippen molar-refractivity contribution in [3.05, 3.63) is 24.4 Å². The van der Waals surface area contributed by atoms with Gasteiger partial charge in [0.15, 0.2) is 0 Å². The number of carbonyl (C=O) groups excluding carboxylic acids is 2. The van der Waals surface area contributed by atoms with Crippen LogP contribution < -0.4 is 0 Å². The highest BCUT2D eigenvalue weighted by atomic mass is 16.4. The predicted molar refractivity (Wildman–Crippen MR) is 53.1 cm³/mol. The van der Waals surface area contributed by atoms with Crippen molar-refractivity contribution in [2.75, 3.05) is 13.1 Å². The fourth-order valence-corrected chi connectivity index (χ4v) is 1.72. The quantitative estimate of drug-likeness (QED) is 0.462. The molecule has 2 heterocycles. The van der Waals surface area contributed by atoms with E-state index in [2.05, 4.69) is 0 Å². The molecule has 2 aliphatic rings. The fraction of sp³-hybridized carbons (Fsp3) is 0.300. The van der Waals surface area contributed by atoms with E-state index in [9.17, 15) is 14.4 Å². The minimum atomic E-state index is -1.43. The standard InChI is InChI=1S/C10H10N2O4/c13-7-6-11-4-2-1-3-5-12(11)8(9(7)14)10(15)16/h1-3,5,8H,4,6H2,(H,15,16). The Bertz CT molecular complexity index is 413. The Labute approximate surface area is 91.4 Å². The van der Waals surface area contributed by atoms with Crippen LogP contribution in [0.5, 0.6) is 0 Å². The van der Waals surface area contributed by atoms with Crippen LogP contribution in [-0.2, 0) is 14.4 Å². The number of allylic oxidation sites excluding steroid dienone is 2. The molecule has 0 radical (unpaired) electrons. The number of hydrazine groups is 1. The number of fused-ring (bicyclic) bond motifs is 1. The van der Waals surface area contributed by atoms with E-state index in [-0.39, 0.29) is 6.54 Å². The molecule has 1 atom stereocenters. The number of carboxylic acid groups (broad SMARTS) is 1. The third kappa shape index (κ3) is 1.63. The molecule has 0 amide bonds. The van der Waals surface area contributed by atoms with E-state index in [1.165, 1.54) is 16.2 Å². The summed E-state index contributed by atoms with van der Waals surface area (Å²) in [7, 11) is 0. The van der Waals surface area contributed by atoms with Gasteiger partial charge in [0.1, 0.15) is 0 Å². The molecule has 16 heavy (non-hydrogen) atoms. The first kappa shape index (κ1) is 10.6. The van der Waals surface area contributed by atoms with Crippen LogP contribution in [0.25, 0.3) is 0 Å². The Morgan fingerprint density at radius 3 is 2.81 bits per heavy atom. The number of carbonyl (C=O) groups is 3. The molecule has 0 aromatic heterocycles. The molecular formula is C10H10N2O4. The van der Waals surface area contributed by atoms with E-state index >= 15 is 0 Å². The summed E-state index contributed by atoms with van der Waals surface area (Å²) >= 11 is 0. The molecule has 6 heteroatoms. The van der Waals surface area contributed by atoms with Crippen LogP contribution in [-0.4, -0.2) is 51.8 Å². The smallest absolute Gasteiger partial charge is 0.336 e. The van der Waals surface area contributed by atoms with Crippen LogP contribution in [0.15, 0.2) is 24.4 Å². The first-order valence-corrected chi connectivity index (χ1v) is 4.77. The maximum Gasteiger partial charge on any atom is 0.336 e. The van der Waals surface area contributed by atoms with Gasteiger partial charge in [-0.05, 0) is 6.08 Å². The summed E-state index contributed by atoms with van der Waals surface area (Å²) in [6.07, 6.45) is 6.66. The molecule has 0 aromatic carbocycles. The monoisotopic (exact) mass is 222 g/mol. The number of carboxylic acids is 1. The summed E-state index contributed by atoms with van der Waals surface area (Å²) in [5.41, 5.74) is 0.